The molecule has 0 heterocycles. The van der Waals surface area contributed by atoms with E-state index in [2.05, 4.69) is 13.2 Å². The first-order chi connectivity index (χ1) is 9.66. The monoisotopic (exact) mass is 286 g/mol. The van der Waals surface area contributed by atoms with Crippen LogP contribution in [0, 0.1) is 0 Å². The molecule has 0 aliphatic heterocycles. The summed E-state index contributed by atoms with van der Waals surface area (Å²) < 4.78 is 20.7. The highest BCUT2D eigenvalue weighted by Gasteiger charge is 1.92. The fourth-order valence-electron chi connectivity index (χ4n) is 0.979. The lowest BCUT2D eigenvalue weighted by Crippen LogP contribution is -2.11. The molecule has 0 saturated heterocycles. The van der Waals surface area contributed by atoms with E-state index in [-0.39, 0.29) is 0 Å². The smallest absolute Gasteiger partial charge is 0.112 e. The quantitative estimate of drug-likeness (QED) is 0.313. The molecule has 0 rings (SSSR count). The summed E-state index contributed by atoms with van der Waals surface area (Å²) in [7, 11) is 1.65. The summed E-state index contributed by atoms with van der Waals surface area (Å²) in [6.07, 6.45) is 3.64. The molecule has 0 bridgehead atoms. The van der Waals surface area contributed by atoms with Gasteiger partial charge in [-0.3, -0.25) is 0 Å². The van der Waals surface area contributed by atoms with Crippen molar-refractivity contribution >= 4 is 0 Å². The second kappa shape index (κ2) is 17.9. The maximum absolute atomic E-state index is 5.33. The highest BCUT2D eigenvalue weighted by molar-refractivity contribution is 5.19. The Morgan fingerprint density at radius 3 is 1.85 bits per heavy atom. The van der Waals surface area contributed by atoms with Crippen LogP contribution in [0.5, 0.6) is 0 Å². The molecule has 0 atom stereocenters. The van der Waals surface area contributed by atoms with Gasteiger partial charge in [0.1, 0.15) is 12.4 Å². The first-order valence-electron chi connectivity index (χ1n) is 6.96. The van der Waals surface area contributed by atoms with Crippen molar-refractivity contribution in [3.63, 3.8) is 0 Å². The molecule has 20 heavy (non-hydrogen) atoms. The summed E-state index contributed by atoms with van der Waals surface area (Å²) in [5.74, 6) is 0.609. The molecule has 0 aromatic carbocycles. The minimum absolute atomic E-state index is 0.484. The predicted molar refractivity (Wildman–Crippen MR) is 83.9 cm³/mol. The normalized spacial score (nSPS) is 10.0. The fraction of sp³-hybridized carbons (Fsp3) is 0.625. The maximum atomic E-state index is 5.33. The van der Waals surface area contributed by atoms with E-state index in [0.29, 0.717) is 45.4 Å². The van der Waals surface area contributed by atoms with Gasteiger partial charge in [0, 0.05) is 7.11 Å². The molecule has 0 aromatic rings. The summed E-state index contributed by atoms with van der Waals surface area (Å²) in [6.45, 7) is 16.7. The number of allylic oxidation sites excluding steroid dienone is 3. The summed E-state index contributed by atoms with van der Waals surface area (Å²) >= 11 is 0. The van der Waals surface area contributed by atoms with Gasteiger partial charge < -0.3 is 18.9 Å². The SMILES string of the molecule is C=C(C)/C=C\C(=C)OCCOCCOCCOC.CC. The average molecular weight is 286 g/mol. The highest BCUT2D eigenvalue weighted by atomic mass is 16.6. The zero-order chi connectivity index (χ0) is 15.6. The Hall–Kier alpha value is -1.10. The third kappa shape index (κ3) is 19.2. The summed E-state index contributed by atoms with van der Waals surface area (Å²) in [5, 5.41) is 0. The second-order valence-corrected chi connectivity index (χ2v) is 3.71. The number of hydrogen-bond donors (Lipinski definition) is 0. The van der Waals surface area contributed by atoms with Gasteiger partial charge in [-0.2, -0.15) is 0 Å². The zero-order valence-corrected chi connectivity index (χ0v) is 13.4. The van der Waals surface area contributed by atoms with Crippen molar-refractivity contribution in [3.05, 3.63) is 36.6 Å². The Kier molecular flexibility index (Phi) is 19.0. The third-order valence-electron chi connectivity index (χ3n) is 1.87. The van der Waals surface area contributed by atoms with E-state index in [1.807, 2.05) is 26.8 Å². The average Bonchev–Trinajstić information content (AvgIpc) is 2.45. The van der Waals surface area contributed by atoms with E-state index in [4.69, 9.17) is 18.9 Å². The van der Waals surface area contributed by atoms with Crippen molar-refractivity contribution in [2.24, 2.45) is 0 Å². The van der Waals surface area contributed by atoms with E-state index in [1.54, 1.807) is 13.2 Å². The highest BCUT2D eigenvalue weighted by Crippen LogP contribution is 1.99. The van der Waals surface area contributed by atoms with Crippen LogP contribution in [0.25, 0.3) is 0 Å². The summed E-state index contributed by atoms with van der Waals surface area (Å²) in [4.78, 5) is 0. The van der Waals surface area contributed by atoms with Crippen LogP contribution in [0.15, 0.2) is 36.6 Å². The summed E-state index contributed by atoms with van der Waals surface area (Å²) in [6, 6.07) is 0. The van der Waals surface area contributed by atoms with Gasteiger partial charge in [0.15, 0.2) is 0 Å². The van der Waals surface area contributed by atoms with Gasteiger partial charge in [0.05, 0.1) is 33.0 Å². The van der Waals surface area contributed by atoms with Gasteiger partial charge in [-0.15, -0.1) is 0 Å². The first kappa shape index (κ1) is 21.2. The first-order valence-corrected chi connectivity index (χ1v) is 6.96. The van der Waals surface area contributed by atoms with Gasteiger partial charge >= 0.3 is 0 Å². The van der Waals surface area contributed by atoms with E-state index >= 15 is 0 Å². The third-order valence-corrected chi connectivity index (χ3v) is 1.87. The second-order valence-electron chi connectivity index (χ2n) is 3.71. The summed E-state index contributed by atoms with van der Waals surface area (Å²) in [5.41, 5.74) is 0.962. The van der Waals surface area contributed by atoms with Crippen LogP contribution >= 0.6 is 0 Å². The minimum atomic E-state index is 0.484. The van der Waals surface area contributed by atoms with Crippen LogP contribution in [-0.4, -0.2) is 46.8 Å². The molecule has 4 nitrogen and oxygen atoms in total. The van der Waals surface area contributed by atoms with Crippen molar-refractivity contribution in [2.75, 3.05) is 46.8 Å². The number of rotatable bonds is 12. The molecule has 0 aliphatic carbocycles. The Bertz CT molecular complexity index is 259. The Morgan fingerprint density at radius 2 is 1.35 bits per heavy atom. The van der Waals surface area contributed by atoms with Crippen LogP contribution in [0.1, 0.15) is 20.8 Å². The molecule has 0 fully saturated rings. The molecule has 0 aliphatic rings. The van der Waals surface area contributed by atoms with Crippen LogP contribution in [0.2, 0.25) is 0 Å². The van der Waals surface area contributed by atoms with Gasteiger partial charge in [0.25, 0.3) is 0 Å². The van der Waals surface area contributed by atoms with Crippen molar-refractivity contribution in [1.29, 1.82) is 0 Å². The largest absolute Gasteiger partial charge is 0.492 e. The molecule has 0 amide bonds. The Balaban J connectivity index is 0. The molecule has 118 valence electrons. The van der Waals surface area contributed by atoms with Crippen molar-refractivity contribution < 1.29 is 18.9 Å². The Labute approximate surface area is 124 Å². The molecule has 0 N–H and O–H groups in total. The molecular weight excluding hydrogens is 256 g/mol. The van der Waals surface area contributed by atoms with Crippen LogP contribution in [0.4, 0.5) is 0 Å². The van der Waals surface area contributed by atoms with Crippen LogP contribution in [-0.2, 0) is 18.9 Å². The molecule has 0 aromatic heterocycles. The standard InChI is InChI=1S/C14H24O4.C2H6/c1-13(2)5-6-14(3)18-12-11-17-10-9-16-8-7-15-4;1-2/h5-6H,1,3,7-12H2,2,4H3;1-2H3/b6-5-;. The van der Waals surface area contributed by atoms with E-state index < -0.39 is 0 Å². The van der Waals surface area contributed by atoms with E-state index in [0.717, 1.165) is 5.57 Å². The fourth-order valence-corrected chi connectivity index (χ4v) is 0.979. The van der Waals surface area contributed by atoms with Gasteiger partial charge in [0.2, 0.25) is 0 Å². The van der Waals surface area contributed by atoms with E-state index in [9.17, 15) is 0 Å². The Morgan fingerprint density at radius 1 is 0.850 bits per heavy atom. The number of methoxy groups -OCH3 is 1. The van der Waals surface area contributed by atoms with Crippen molar-refractivity contribution in [2.45, 2.75) is 20.8 Å². The lowest BCUT2D eigenvalue weighted by atomic mass is 10.3. The molecule has 0 unspecified atom stereocenters. The van der Waals surface area contributed by atoms with Gasteiger partial charge in [-0.1, -0.05) is 38.7 Å². The van der Waals surface area contributed by atoms with Crippen LogP contribution in [0.3, 0.4) is 0 Å². The van der Waals surface area contributed by atoms with Crippen molar-refractivity contribution in [1.82, 2.24) is 0 Å². The number of ether oxygens (including phenoxy) is 4. The predicted octanol–water partition coefficient (Wildman–Crippen LogP) is 3.35. The van der Waals surface area contributed by atoms with Gasteiger partial charge in [-0.25, -0.2) is 0 Å². The van der Waals surface area contributed by atoms with E-state index in [1.165, 1.54) is 0 Å². The maximum Gasteiger partial charge on any atom is 0.112 e. The lowest BCUT2D eigenvalue weighted by molar-refractivity contribution is 0.0129. The molecule has 0 spiro atoms. The topological polar surface area (TPSA) is 36.9 Å². The van der Waals surface area contributed by atoms with Gasteiger partial charge in [-0.05, 0) is 13.0 Å². The van der Waals surface area contributed by atoms with Crippen molar-refractivity contribution in [3.8, 4) is 0 Å². The lowest BCUT2D eigenvalue weighted by Gasteiger charge is -2.07. The number of hydrogen-bond acceptors (Lipinski definition) is 4. The molecule has 0 radical (unpaired) electrons. The van der Waals surface area contributed by atoms with Crippen LogP contribution < -0.4 is 0 Å². The molecule has 4 heteroatoms. The molecule has 0 saturated carbocycles. The zero-order valence-electron chi connectivity index (χ0n) is 13.4. The molecular formula is C16H30O4. The minimum Gasteiger partial charge on any atom is -0.492 e.